The number of amides is 2. The van der Waals surface area contributed by atoms with Crippen molar-refractivity contribution in [3.05, 3.63) is 59.1 Å². The van der Waals surface area contributed by atoms with Crippen molar-refractivity contribution >= 4 is 34.8 Å². The number of ketones is 1. The van der Waals surface area contributed by atoms with Gasteiger partial charge in [-0.1, -0.05) is 17.7 Å². The van der Waals surface area contributed by atoms with E-state index in [0.29, 0.717) is 29.5 Å². The average molecular weight is 374 g/mol. The summed E-state index contributed by atoms with van der Waals surface area (Å²) in [6.45, 7) is 3.04. The molecular weight excluding hydrogens is 354 g/mol. The zero-order chi connectivity index (χ0) is 18.4. The minimum atomic E-state index is -0.453. The van der Waals surface area contributed by atoms with Gasteiger partial charge in [0.05, 0.1) is 19.8 Å². The fourth-order valence-electron chi connectivity index (χ4n) is 2.68. The van der Waals surface area contributed by atoms with Gasteiger partial charge in [-0.05, 0) is 42.5 Å². The van der Waals surface area contributed by atoms with Crippen LogP contribution in [0.5, 0.6) is 0 Å². The maximum Gasteiger partial charge on any atom is 0.319 e. The number of ether oxygens (including phenoxy) is 1. The molecule has 0 unspecified atom stereocenters. The third-order valence-corrected chi connectivity index (χ3v) is 4.29. The maximum absolute atomic E-state index is 12.2. The molecule has 26 heavy (non-hydrogen) atoms. The lowest BCUT2D eigenvalue weighted by molar-refractivity contribution is 0.0993. The second-order valence-electron chi connectivity index (χ2n) is 5.89. The first kappa shape index (κ1) is 18.2. The molecule has 2 aromatic carbocycles. The Bertz CT molecular complexity index is 774. The lowest BCUT2D eigenvalue weighted by Crippen LogP contribution is -2.36. The molecule has 2 N–H and O–H groups in total. The molecule has 0 aromatic heterocycles. The van der Waals surface area contributed by atoms with E-state index in [1.165, 1.54) is 0 Å². The molecule has 0 radical (unpaired) electrons. The number of nitrogens with zero attached hydrogens (tertiary/aromatic N) is 1. The maximum atomic E-state index is 12.2. The Morgan fingerprint density at radius 1 is 1.08 bits per heavy atom. The van der Waals surface area contributed by atoms with Crippen molar-refractivity contribution in [3.8, 4) is 0 Å². The summed E-state index contributed by atoms with van der Waals surface area (Å²) in [6.07, 6.45) is 0. The van der Waals surface area contributed by atoms with Crippen molar-refractivity contribution < 1.29 is 14.3 Å². The topological polar surface area (TPSA) is 70.7 Å². The molecule has 1 aliphatic heterocycles. The molecule has 6 nitrogen and oxygen atoms in total. The Kier molecular flexibility index (Phi) is 6.09. The van der Waals surface area contributed by atoms with Crippen LogP contribution in [0.1, 0.15) is 10.4 Å². The molecule has 136 valence electrons. The zero-order valence-corrected chi connectivity index (χ0v) is 15.0. The van der Waals surface area contributed by atoms with Crippen LogP contribution >= 0.6 is 11.6 Å². The summed E-state index contributed by atoms with van der Waals surface area (Å²) < 4.78 is 5.34. The molecule has 2 aromatic rings. The molecule has 0 bridgehead atoms. The van der Waals surface area contributed by atoms with Gasteiger partial charge >= 0.3 is 6.03 Å². The number of hydrogen-bond donors (Lipinski definition) is 2. The molecule has 7 heteroatoms. The van der Waals surface area contributed by atoms with Crippen LogP contribution in [0.15, 0.2) is 48.5 Å². The first-order valence-electron chi connectivity index (χ1n) is 8.38. The Balaban J connectivity index is 1.50. The van der Waals surface area contributed by atoms with Crippen LogP contribution in [0.4, 0.5) is 16.2 Å². The standard InChI is InChI=1S/C19H20ClN3O3/c20-15-2-1-3-16(12-15)22-19(25)21-13-18(24)14-4-6-17(7-5-14)23-8-10-26-11-9-23/h1-7,12H,8-11,13H2,(H2,21,22,25). The Morgan fingerprint density at radius 3 is 2.50 bits per heavy atom. The summed E-state index contributed by atoms with van der Waals surface area (Å²) in [5.41, 5.74) is 2.19. The number of anilines is 2. The first-order chi connectivity index (χ1) is 12.6. The number of carbonyl (C=O) groups excluding carboxylic acids is 2. The first-order valence-corrected chi connectivity index (χ1v) is 8.76. The molecule has 0 aliphatic carbocycles. The summed E-state index contributed by atoms with van der Waals surface area (Å²) in [6, 6.07) is 13.8. The minimum absolute atomic E-state index is 0.0801. The van der Waals surface area contributed by atoms with E-state index in [2.05, 4.69) is 15.5 Å². The molecule has 1 saturated heterocycles. The van der Waals surface area contributed by atoms with E-state index in [1.807, 2.05) is 12.1 Å². The number of benzene rings is 2. The Morgan fingerprint density at radius 2 is 1.81 bits per heavy atom. The van der Waals surface area contributed by atoms with E-state index in [-0.39, 0.29) is 12.3 Å². The zero-order valence-electron chi connectivity index (χ0n) is 14.2. The molecule has 1 heterocycles. The molecule has 0 saturated carbocycles. The van der Waals surface area contributed by atoms with Gasteiger partial charge in [0, 0.05) is 35.1 Å². The summed E-state index contributed by atoms with van der Waals surface area (Å²) in [5, 5.41) is 5.72. The van der Waals surface area contributed by atoms with Gasteiger partial charge in [-0.25, -0.2) is 4.79 Å². The van der Waals surface area contributed by atoms with Crippen LogP contribution in [0.2, 0.25) is 5.02 Å². The number of Topliss-reactive ketones (excluding diaryl/α,β-unsaturated/α-hetero) is 1. The summed E-state index contributed by atoms with van der Waals surface area (Å²) >= 11 is 5.87. The molecule has 3 rings (SSSR count). The van der Waals surface area contributed by atoms with E-state index in [1.54, 1.807) is 36.4 Å². The van der Waals surface area contributed by atoms with Crippen molar-refractivity contribution in [1.29, 1.82) is 0 Å². The van der Waals surface area contributed by atoms with Gasteiger partial charge in [0.1, 0.15) is 0 Å². The van der Waals surface area contributed by atoms with Gasteiger partial charge in [-0.3, -0.25) is 4.79 Å². The highest BCUT2D eigenvalue weighted by atomic mass is 35.5. The molecule has 0 atom stereocenters. The smallest absolute Gasteiger partial charge is 0.319 e. The van der Waals surface area contributed by atoms with E-state index < -0.39 is 6.03 Å². The largest absolute Gasteiger partial charge is 0.378 e. The highest BCUT2D eigenvalue weighted by Gasteiger charge is 2.13. The lowest BCUT2D eigenvalue weighted by Gasteiger charge is -2.28. The van der Waals surface area contributed by atoms with Gasteiger partial charge in [0.15, 0.2) is 5.78 Å². The highest BCUT2D eigenvalue weighted by Crippen LogP contribution is 2.17. The van der Waals surface area contributed by atoms with Crippen molar-refractivity contribution in [2.75, 3.05) is 43.1 Å². The number of urea groups is 1. The lowest BCUT2D eigenvalue weighted by atomic mass is 10.1. The molecule has 1 aliphatic rings. The Hall–Kier alpha value is -2.57. The molecule has 2 amide bonds. The number of carbonyl (C=O) groups is 2. The summed E-state index contributed by atoms with van der Waals surface area (Å²) in [5.74, 6) is -0.153. The summed E-state index contributed by atoms with van der Waals surface area (Å²) in [7, 11) is 0. The number of halogens is 1. The molecular formula is C19H20ClN3O3. The van der Waals surface area contributed by atoms with E-state index in [0.717, 1.165) is 18.8 Å². The van der Waals surface area contributed by atoms with Crippen LogP contribution in [-0.4, -0.2) is 44.7 Å². The number of hydrogen-bond acceptors (Lipinski definition) is 4. The molecule has 1 fully saturated rings. The quantitative estimate of drug-likeness (QED) is 0.790. The Labute approximate surface area is 157 Å². The van der Waals surface area contributed by atoms with Gasteiger partial charge in [0.25, 0.3) is 0 Å². The van der Waals surface area contributed by atoms with Crippen molar-refractivity contribution in [2.45, 2.75) is 0 Å². The molecule has 0 spiro atoms. The van der Waals surface area contributed by atoms with Gasteiger partial charge < -0.3 is 20.3 Å². The monoisotopic (exact) mass is 373 g/mol. The highest BCUT2D eigenvalue weighted by molar-refractivity contribution is 6.30. The van der Waals surface area contributed by atoms with Crippen LogP contribution < -0.4 is 15.5 Å². The van der Waals surface area contributed by atoms with Crippen LogP contribution in [-0.2, 0) is 4.74 Å². The van der Waals surface area contributed by atoms with Gasteiger partial charge in [-0.15, -0.1) is 0 Å². The van der Waals surface area contributed by atoms with Crippen molar-refractivity contribution in [1.82, 2.24) is 5.32 Å². The second-order valence-corrected chi connectivity index (χ2v) is 6.32. The predicted molar refractivity (Wildman–Crippen MR) is 102 cm³/mol. The van der Waals surface area contributed by atoms with E-state index >= 15 is 0 Å². The number of nitrogens with one attached hydrogen (secondary N) is 2. The van der Waals surface area contributed by atoms with E-state index in [4.69, 9.17) is 16.3 Å². The van der Waals surface area contributed by atoms with Crippen molar-refractivity contribution in [3.63, 3.8) is 0 Å². The third kappa shape index (κ3) is 4.97. The van der Waals surface area contributed by atoms with Crippen molar-refractivity contribution in [2.24, 2.45) is 0 Å². The number of rotatable bonds is 5. The van der Waals surface area contributed by atoms with Gasteiger partial charge in [0.2, 0.25) is 0 Å². The normalized spacial score (nSPS) is 14.0. The SMILES string of the molecule is O=C(NCC(=O)c1ccc(N2CCOCC2)cc1)Nc1cccc(Cl)c1. The predicted octanol–water partition coefficient (Wildman–Crippen LogP) is 3.18. The van der Waals surface area contributed by atoms with E-state index in [9.17, 15) is 9.59 Å². The van der Waals surface area contributed by atoms with Gasteiger partial charge in [-0.2, -0.15) is 0 Å². The second kappa shape index (κ2) is 8.69. The minimum Gasteiger partial charge on any atom is -0.378 e. The van der Waals surface area contributed by atoms with Crippen LogP contribution in [0, 0.1) is 0 Å². The number of morpholine rings is 1. The summed E-state index contributed by atoms with van der Waals surface area (Å²) in [4.78, 5) is 26.3. The fraction of sp³-hybridized carbons (Fsp3) is 0.263. The fourth-order valence-corrected chi connectivity index (χ4v) is 2.87. The third-order valence-electron chi connectivity index (χ3n) is 4.06. The van der Waals surface area contributed by atoms with Crippen LogP contribution in [0.25, 0.3) is 0 Å². The average Bonchev–Trinajstić information content (AvgIpc) is 2.67. The van der Waals surface area contributed by atoms with Crippen LogP contribution in [0.3, 0.4) is 0 Å².